The Labute approximate surface area is 196 Å². The van der Waals surface area contributed by atoms with Crippen molar-refractivity contribution in [3.63, 3.8) is 0 Å². The molecule has 12 heteroatoms. The Morgan fingerprint density at radius 3 is 2.69 bits per heavy atom. The molecule has 5 rings (SSSR count). The maximum atomic E-state index is 13.6. The number of methoxy groups -OCH3 is 1. The van der Waals surface area contributed by atoms with Crippen LogP contribution in [0.3, 0.4) is 0 Å². The van der Waals surface area contributed by atoms with Gasteiger partial charge in [0.2, 0.25) is 0 Å². The SMILES string of the molecule is COC(=O)c1ccccc1Cn1cc(NC(=O)c2cc3nc(C4CC4)cc(C(F)(F)F)n3n2)cn1. The molecule has 1 N–H and O–H groups in total. The molecule has 3 heterocycles. The third-order valence-electron chi connectivity index (χ3n) is 5.61. The normalized spacial score (nSPS) is 13.7. The van der Waals surface area contributed by atoms with Crippen LogP contribution in [0, 0.1) is 0 Å². The second-order valence-corrected chi connectivity index (χ2v) is 8.17. The smallest absolute Gasteiger partial charge is 0.433 e. The minimum Gasteiger partial charge on any atom is -0.465 e. The molecule has 4 aromatic rings. The zero-order chi connectivity index (χ0) is 24.7. The van der Waals surface area contributed by atoms with E-state index in [1.807, 2.05) is 0 Å². The van der Waals surface area contributed by atoms with Gasteiger partial charge >= 0.3 is 12.1 Å². The number of esters is 1. The van der Waals surface area contributed by atoms with Crippen molar-refractivity contribution >= 4 is 23.2 Å². The molecule has 180 valence electrons. The van der Waals surface area contributed by atoms with Crippen molar-refractivity contribution < 1.29 is 27.5 Å². The Bertz CT molecular complexity index is 1440. The van der Waals surface area contributed by atoms with Gasteiger partial charge in [0.1, 0.15) is 5.69 Å². The summed E-state index contributed by atoms with van der Waals surface area (Å²) >= 11 is 0. The standard InChI is InChI=1S/C23H19F3N6O3/c1-35-22(34)16-5-3-2-4-14(16)11-31-12-15(10-27-31)28-21(33)18-9-20-29-17(13-6-7-13)8-19(23(24,25)26)32(20)30-18/h2-5,8-10,12-13H,6-7,11H2,1H3,(H,28,33). The monoisotopic (exact) mass is 484 g/mol. The van der Waals surface area contributed by atoms with E-state index >= 15 is 0 Å². The molecular formula is C23H19F3N6O3. The molecule has 0 bridgehead atoms. The molecule has 1 aliphatic rings. The summed E-state index contributed by atoms with van der Waals surface area (Å²) < 4.78 is 47.7. The zero-order valence-electron chi connectivity index (χ0n) is 18.4. The van der Waals surface area contributed by atoms with Crippen LogP contribution >= 0.6 is 0 Å². The summed E-state index contributed by atoms with van der Waals surface area (Å²) in [7, 11) is 1.29. The van der Waals surface area contributed by atoms with Crippen LogP contribution in [0.5, 0.6) is 0 Å². The number of nitrogens with one attached hydrogen (secondary N) is 1. The van der Waals surface area contributed by atoms with Crippen molar-refractivity contribution in [2.75, 3.05) is 12.4 Å². The number of anilines is 1. The number of alkyl halides is 3. The number of rotatable bonds is 6. The number of hydrogen-bond acceptors (Lipinski definition) is 6. The van der Waals surface area contributed by atoms with Crippen LogP contribution in [0.25, 0.3) is 5.65 Å². The predicted molar refractivity (Wildman–Crippen MR) is 117 cm³/mol. The van der Waals surface area contributed by atoms with E-state index in [1.54, 1.807) is 24.3 Å². The van der Waals surface area contributed by atoms with Crippen LogP contribution < -0.4 is 5.32 Å². The molecular weight excluding hydrogens is 465 g/mol. The maximum absolute atomic E-state index is 13.6. The number of amides is 1. The number of ether oxygens (including phenoxy) is 1. The maximum Gasteiger partial charge on any atom is 0.433 e. The first-order valence-corrected chi connectivity index (χ1v) is 10.7. The summed E-state index contributed by atoms with van der Waals surface area (Å²) in [5, 5.41) is 10.6. The number of fused-ring (bicyclic) bond motifs is 1. The van der Waals surface area contributed by atoms with Gasteiger partial charge < -0.3 is 10.1 Å². The van der Waals surface area contributed by atoms with Gasteiger partial charge in [0.15, 0.2) is 11.3 Å². The Kier molecular flexibility index (Phi) is 5.50. The molecule has 0 atom stereocenters. The van der Waals surface area contributed by atoms with Gasteiger partial charge in [0.05, 0.1) is 31.1 Å². The Morgan fingerprint density at radius 1 is 1.20 bits per heavy atom. The van der Waals surface area contributed by atoms with E-state index in [0.717, 1.165) is 18.9 Å². The topological polar surface area (TPSA) is 103 Å². The van der Waals surface area contributed by atoms with Crippen molar-refractivity contribution in [2.45, 2.75) is 31.5 Å². The molecule has 1 saturated carbocycles. The van der Waals surface area contributed by atoms with E-state index in [1.165, 1.54) is 30.3 Å². The number of hydrogen-bond donors (Lipinski definition) is 1. The molecule has 3 aromatic heterocycles. The van der Waals surface area contributed by atoms with Crippen LogP contribution in [0.1, 0.15) is 56.6 Å². The summed E-state index contributed by atoms with van der Waals surface area (Å²) in [6.45, 7) is 0.234. The first-order chi connectivity index (χ1) is 16.7. The van der Waals surface area contributed by atoms with E-state index in [-0.39, 0.29) is 23.8 Å². The number of aromatic nitrogens is 5. The van der Waals surface area contributed by atoms with Crippen molar-refractivity contribution in [1.29, 1.82) is 0 Å². The third kappa shape index (κ3) is 4.59. The van der Waals surface area contributed by atoms with E-state index in [2.05, 4.69) is 20.5 Å². The summed E-state index contributed by atoms with van der Waals surface area (Å²) in [6, 6.07) is 9.10. The number of carbonyl (C=O) groups is 2. The largest absolute Gasteiger partial charge is 0.465 e. The van der Waals surface area contributed by atoms with Crippen LogP contribution in [0.4, 0.5) is 18.9 Å². The van der Waals surface area contributed by atoms with Crippen molar-refractivity contribution in [3.05, 3.63) is 77.0 Å². The number of halogens is 3. The number of nitrogens with zero attached hydrogens (tertiary/aromatic N) is 5. The minimum atomic E-state index is -4.65. The zero-order valence-corrected chi connectivity index (χ0v) is 18.4. The van der Waals surface area contributed by atoms with Gasteiger partial charge in [-0.1, -0.05) is 18.2 Å². The summed E-state index contributed by atoms with van der Waals surface area (Å²) in [4.78, 5) is 29.0. The van der Waals surface area contributed by atoms with E-state index < -0.39 is 23.7 Å². The fourth-order valence-corrected chi connectivity index (χ4v) is 3.75. The van der Waals surface area contributed by atoms with E-state index in [0.29, 0.717) is 27.0 Å². The Balaban J connectivity index is 1.37. The Hall–Kier alpha value is -4.22. The van der Waals surface area contributed by atoms with Crippen molar-refractivity contribution in [2.24, 2.45) is 0 Å². The molecule has 35 heavy (non-hydrogen) atoms. The fraction of sp³-hybridized carbons (Fsp3) is 0.261. The molecule has 0 saturated heterocycles. The number of benzene rings is 1. The molecule has 0 spiro atoms. The molecule has 1 aromatic carbocycles. The first-order valence-electron chi connectivity index (χ1n) is 10.7. The van der Waals surface area contributed by atoms with E-state index in [4.69, 9.17) is 4.74 Å². The molecule has 0 aliphatic heterocycles. The second kappa shape index (κ2) is 8.53. The first kappa shape index (κ1) is 22.6. The average molecular weight is 484 g/mol. The van der Waals surface area contributed by atoms with Crippen LogP contribution in [0.15, 0.2) is 48.8 Å². The van der Waals surface area contributed by atoms with Gasteiger partial charge in [-0.25, -0.2) is 14.3 Å². The second-order valence-electron chi connectivity index (χ2n) is 8.17. The highest BCUT2D eigenvalue weighted by Gasteiger charge is 2.37. The molecule has 0 radical (unpaired) electrons. The van der Waals surface area contributed by atoms with Gasteiger partial charge in [-0.05, 0) is 30.5 Å². The van der Waals surface area contributed by atoms with Crippen LogP contribution in [-0.2, 0) is 17.5 Å². The minimum absolute atomic E-state index is 0.00317. The molecule has 9 nitrogen and oxygen atoms in total. The lowest BCUT2D eigenvalue weighted by Gasteiger charge is -2.10. The lowest BCUT2D eigenvalue weighted by molar-refractivity contribution is -0.142. The van der Waals surface area contributed by atoms with Crippen LogP contribution in [-0.4, -0.2) is 43.4 Å². The highest BCUT2D eigenvalue weighted by Crippen LogP contribution is 2.41. The highest BCUT2D eigenvalue weighted by atomic mass is 19.4. The van der Waals surface area contributed by atoms with Crippen molar-refractivity contribution in [1.82, 2.24) is 24.4 Å². The van der Waals surface area contributed by atoms with Gasteiger partial charge in [0.25, 0.3) is 5.91 Å². The summed E-state index contributed by atoms with van der Waals surface area (Å²) in [5.41, 5.74) is 0.495. The quantitative estimate of drug-likeness (QED) is 0.416. The molecule has 1 amide bonds. The third-order valence-corrected chi connectivity index (χ3v) is 5.61. The highest BCUT2D eigenvalue weighted by molar-refractivity contribution is 6.03. The van der Waals surface area contributed by atoms with Gasteiger partial charge in [-0.2, -0.15) is 23.4 Å². The fourth-order valence-electron chi connectivity index (χ4n) is 3.75. The van der Waals surface area contributed by atoms with Gasteiger partial charge in [-0.15, -0.1) is 0 Å². The van der Waals surface area contributed by atoms with Crippen molar-refractivity contribution in [3.8, 4) is 0 Å². The lowest BCUT2D eigenvalue weighted by atomic mass is 10.1. The Morgan fingerprint density at radius 2 is 1.97 bits per heavy atom. The summed E-state index contributed by atoms with van der Waals surface area (Å²) in [5.74, 6) is -1.18. The number of carbonyl (C=O) groups excluding carboxylic acids is 2. The van der Waals surface area contributed by atoms with Gasteiger partial charge in [0, 0.05) is 23.9 Å². The lowest BCUT2D eigenvalue weighted by Crippen LogP contribution is -2.16. The average Bonchev–Trinajstić information content (AvgIpc) is 3.44. The predicted octanol–water partition coefficient (Wildman–Crippen LogP) is 3.91. The molecule has 1 aliphatic carbocycles. The van der Waals surface area contributed by atoms with Gasteiger partial charge in [-0.3, -0.25) is 9.48 Å². The van der Waals surface area contributed by atoms with Crippen LogP contribution in [0.2, 0.25) is 0 Å². The summed E-state index contributed by atoms with van der Waals surface area (Å²) in [6.07, 6.45) is -0.149. The van der Waals surface area contributed by atoms with E-state index in [9.17, 15) is 22.8 Å². The molecule has 0 unspecified atom stereocenters. The molecule has 1 fully saturated rings.